The normalized spacial score (nSPS) is 20.4. The number of H-pyrrole nitrogens is 2. The summed E-state index contributed by atoms with van der Waals surface area (Å²) in [6.07, 6.45) is 8.05. The van der Waals surface area contributed by atoms with Gasteiger partial charge in [0.2, 0.25) is 0 Å². The molecule has 0 aromatic carbocycles. The smallest absolute Gasteiger partial charge is 0.303 e. The van der Waals surface area contributed by atoms with Crippen LogP contribution in [0, 0.1) is 19.8 Å². The lowest BCUT2D eigenvalue weighted by atomic mass is 9.98. The van der Waals surface area contributed by atoms with Gasteiger partial charge in [-0.05, 0) is 93.0 Å². The second-order valence-electron chi connectivity index (χ2n) is 11.1. The van der Waals surface area contributed by atoms with E-state index in [1.165, 1.54) is 0 Å². The summed E-state index contributed by atoms with van der Waals surface area (Å²) in [7, 11) is 0. The van der Waals surface area contributed by atoms with Gasteiger partial charge < -0.3 is 25.5 Å². The van der Waals surface area contributed by atoms with E-state index >= 15 is 0 Å². The van der Waals surface area contributed by atoms with Gasteiger partial charge in [-0.25, -0.2) is 4.99 Å². The Morgan fingerprint density at radius 3 is 2.19 bits per heavy atom. The topological polar surface area (TPSA) is 165 Å². The molecule has 0 radical (unpaired) electrons. The van der Waals surface area contributed by atoms with Crippen LogP contribution in [0.25, 0.3) is 12.2 Å². The monoisotopic (exact) mass is 586 g/mol. The maximum atomic E-state index is 12.4. The molecule has 2 aromatic heterocycles. The second-order valence-corrected chi connectivity index (χ2v) is 11.1. The van der Waals surface area contributed by atoms with Crippen molar-refractivity contribution in [2.24, 2.45) is 10.9 Å². The quantitative estimate of drug-likeness (QED) is 0.272. The van der Waals surface area contributed by atoms with Gasteiger partial charge in [0.05, 0.1) is 17.7 Å². The van der Waals surface area contributed by atoms with Crippen molar-refractivity contribution in [3.8, 4) is 0 Å². The van der Waals surface area contributed by atoms with Crippen molar-refractivity contribution in [2.45, 2.75) is 72.8 Å². The number of aliphatic imine (C=N–C) groups is 1. The molecule has 0 aliphatic carbocycles. The van der Waals surface area contributed by atoms with Crippen molar-refractivity contribution in [1.29, 1.82) is 0 Å². The van der Waals surface area contributed by atoms with Crippen LogP contribution in [-0.2, 0) is 38.4 Å². The van der Waals surface area contributed by atoms with Gasteiger partial charge in [-0.2, -0.15) is 0 Å². The highest BCUT2D eigenvalue weighted by atomic mass is 16.4. The summed E-state index contributed by atoms with van der Waals surface area (Å²) in [4.78, 5) is 58.8. The first kappa shape index (κ1) is 31.2. The maximum absolute atomic E-state index is 12.4. The third-order valence-electron chi connectivity index (χ3n) is 8.50. The van der Waals surface area contributed by atoms with Gasteiger partial charge in [-0.1, -0.05) is 18.7 Å². The fourth-order valence-electron chi connectivity index (χ4n) is 5.90. The highest BCUT2D eigenvalue weighted by Gasteiger charge is 2.29. The van der Waals surface area contributed by atoms with Crippen molar-refractivity contribution >= 4 is 41.6 Å². The molecule has 0 bridgehead atoms. The summed E-state index contributed by atoms with van der Waals surface area (Å²) in [5.74, 6) is -2.54. The highest BCUT2D eigenvalue weighted by Crippen LogP contribution is 2.27. The van der Waals surface area contributed by atoms with Crippen LogP contribution in [0.3, 0.4) is 0 Å². The Hall–Kier alpha value is -4.73. The van der Waals surface area contributed by atoms with Gasteiger partial charge in [-0.15, -0.1) is 0 Å². The Kier molecular flexibility index (Phi) is 9.18. The predicted octanol–water partition coefficient (Wildman–Crippen LogP) is 2.71. The number of aliphatic carboxylic acids is 2. The number of nitrogens with zero attached hydrogens (tertiary/aromatic N) is 1. The molecule has 0 spiro atoms. The van der Waals surface area contributed by atoms with E-state index in [2.05, 4.69) is 26.9 Å². The largest absolute Gasteiger partial charge is 0.481 e. The van der Waals surface area contributed by atoms with Crippen molar-refractivity contribution in [3.63, 3.8) is 0 Å². The Balaban J connectivity index is 1.86. The van der Waals surface area contributed by atoms with Crippen molar-refractivity contribution in [1.82, 2.24) is 15.3 Å². The first-order valence-electron chi connectivity index (χ1n) is 14.3. The summed E-state index contributed by atoms with van der Waals surface area (Å²) >= 11 is 0. The number of carbonyl (C=O) groups is 4. The van der Waals surface area contributed by atoms with E-state index < -0.39 is 11.9 Å². The number of carbonyl (C=O) groups excluding carboxylic acids is 2. The number of hydrogen-bond acceptors (Lipinski definition) is 4. The molecule has 0 fully saturated rings. The molecule has 10 nitrogen and oxygen atoms in total. The molecule has 2 aliphatic heterocycles. The number of carboxylic acids is 2. The number of amides is 2. The van der Waals surface area contributed by atoms with Crippen LogP contribution in [0.2, 0.25) is 0 Å². The standard InChI is InChI=1S/C33H38N4O6/c1-7-20-19(6)32(42)37-27(20)14-25-18(5)23(10-12-31(40)41)29(35-25)15-28-22(9-11-30(38)39)17(4)24(34-28)13-26-16(3)21(8-2)33(43)36-26/h7-8,14-15,19,26,34-35H,2,9-13H2,1,3-6H3,(H,36,43)(H,38,39)(H,40,41)/b20-7-,25-14+,29-15-/t19-,26-/m1/s1. The minimum atomic E-state index is -0.922. The Bertz CT molecular complexity index is 1750. The summed E-state index contributed by atoms with van der Waals surface area (Å²) in [6, 6.07) is -0.226. The molecule has 0 unspecified atom stereocenters. The molecule has 2 amide bonds. The van der Waals surface area contributed by atoms with Crippen molar-refractivity contribution < 1.29 is 29.4 Å². The van der Waals surface area contributed by atoms with Gasteiger partial charge in [0.15, 0.2) is 0 Å². The third-order valence-corrected chi connectivity index (χ3v) is 8.50. The molecule has 5 N–H and O–H groups in total. The van der Waals surface area contributed by atoms with Crippen LogP contribution in [0.5, 0.6) is 0 Å². The fourth-order valence-corrected chi connectivity index (χ4v) is 5.90. The van der Waals surface area contributed by atoms with Gasteiger partial charge in [0.25, 0.3) is 11.8 Å². The number of rotatable bonds is 11. The molecule has 0 saturated heterocycles. The lowest BCUT2D eigenvalue weighted by molar-refractivity contribution is -0.138. The van der Waals surface area contributed by atoms with Crippen molar-refractivity contribution in [3.05, 3.63) is 79.8 Å². The molecule has 2 atom stereocenters. The highest BCUT2D eigenvalue weighted by molar-refractivity contribution is 6.29. The molecule has 0 saturated carbocycles. The number of nitrogens with one attached hydrogen (secondary N) is 3. The van der Waals surface area contributed by atoms with E-state index in [1.807, 2.05) is 52.8 Å². The molecule has 2 aromatic rings. The minimum absolute atomic E-state index is 0.0640. The first-order chi connectivity index (χ1) is 20.4. The molecule has 10 heteroatoms. The van der Waals surface area contributed by atoms with E-state index in [-0.39, 0.29) is 49.5 Å². The summed E-state index contributed by atoms with van der Waals surface area (Å²) in [5, 5.41) is 23.3. The molecule has 2 aliphatic rings. The van der Waals surface area contributed by atoms with Crippen LogP contribution in [0.1, 0.15) is 67.3 Å². The molecular formula is C33H38N4O6. The van der Waals surface area contributed by atoms with Crippen LogP contribution >= 0.6 is 0 Å². The average molecular weight is 587 g/mol. The predicted molar refractivity (Wildman–Crippen MR) is 164 cm³/mol. The van der Waals surface area contributed by atoms with Gasteiger partial charge in [0, 0.05) is 46.9 Å². The van der Waals surface area contributed by atoms with Crippen LogP contribution < -0.4 is 16.0 Å². The zero-order valence-electron chi connectivity index (χ0n) is 25.2. The number of carboxylic acid groups (broad SMARTS) is 2. The van der Waals surface area contributed by atoms with E-state index in [0.717, 1.165) is 39.1 Å². The molecular weight excluding hydrogens is 548 g/mol. The Morgan fingerprint density at radius 1 is 0.953 bits per heavy atom. The average Bonchev–Trinajstić information content (AvgIpc) is 3.59. The Morgan fingerprint density at radius 2 is 1.60 bits per heavy atom. The molecule has 4 rings (SSSR count). The summed E-state index contributed by atoms with van der Waals surface area (Å²) in [6.45, 7) is 13.2. The number of aromatic amines is 2. The van der Waals surface area contributed by atoms with Crippen molar-refractivity contribution in [2.75, 3.05) is 0 Å². The fraction of sp³-hybridized carbons (Fsp3) is 0.364. The van der Waals surface area contributed by atoms with Crippen LogP contribution in [0.4, 0.5) is 0 Å². The summed E-state index contributed by atoms with van der Waals surface area (Å²) < 4.78 is 0. The number of allylic oxidation sites excluding steroid dienone is 1. The lowest BCUT2D eigenvalue weighted by Gasteiger charge is -2.12. The third kappa shape index (κ3) is 6.38. The summed E-state index contributed by atoms with van der Waals surface area (Å²) in [5.41, 5.74) is 7.85. The lowest BCUT2D eigenvalue weighted by Crippen LogP contribution is -2.30. The molecule has 4 heterocycles. The van der Waals surface area contributed by atoms with E-state index in [1.54, 1.807) is 6.08 Å². The van der Waals surface area contributed by atoms with E-state index in [0.29, 0.717) is 34.1 Å². The molecule has 226 valence electrons. The molecule has 43 heavy (non-hydrogen) atoms. The van der Waals surface area contributed by atoms with E-state index in [4.69, 9.17) is 0 Å². The zero-order chi connectivity index (χ0) is 31.6. The Labute approximate surface area is 249 Å². The SMILES string of the molecule is C=CC1=C(C)[C@@H](Cc2[nH]c(/C=c3\[nH]/c(=C/C4=NC(=O)[C@H](C)/C4=C/C)c(C)c3CCC(=O)O)c(CCC(=O)O)c2C)NC1=O. The van der Waals surface area contributed by atoms with Crippen LogP contribution in [-0.4, -0.2) is 55.7 Å². The van der Waals surface area contributed by atoms with Gasteiger partial charge in [0.1, 0.15) is 0 Å². The minimum Gasteiger partial charge on any atom is -0.481 e. The van der Waals surface area contributed by atoms with Gasteiger partial charge >= 0.3 is 11.9 Å². The maximum Gasteiger partial charge on any atom is 0.303 e. The van der Waals surface area contributed by atoms with E-state index in [9.17, 15) is 29.4 Å². The second kappa shape index (κ2) is 12.6. The van der Waals surface area contributed by atoms with Gasteiger partial charge in [-0.3, -0.25) is 19.2 Å². The number of hydrogen-bond donors (Lipinski definition) is 5. The zero-order valence-corrected chi connectivity index (χ0v) is 25.2. The van der Waals surface area contributed by atoms with Crippen LogP contribution in [0.15, 0.2) is 40.4 Å². The first-order valence-corrected chi connectivity index (χ1v) is 14.3. The number of aromatic nitrogens is 2.